The van der Waals surface area contributed by atoms with Crippen molar-refractivity contribution in [1.29, 1.82) is 0 Å². The third-order valence-corrected chi connectivity index (χ3v) is 8.25. The fourth-order valence-corrected chi connectivity index (χ4v) is 6.91. The second kappa shape index (κ2) is 7.41. The average molecular weight is 280 g/mol. The van der Waals surface area contributed by atoms with E-state index in [1.807, 2.05) is 14.2 Å². The van der Waals surface area contributed by atoms with Crippen molar-refractivity contribution in [3.05, 3.63) is 22.5 Å². The minimum Gasteiger partial charge on any atom is -0.391 e. The molecule has 0 aromatic carbocycles. The molecule has 0 N–H and O–H groups in total. The molecule has 2 nitrogen and oxygen atoms in total. The Morgan fingerprint density at radius 1 is 0.737 bits per heavy atom. The summed E-state index contributed by atoms with van der Waals surface area (Å²) in [5.41, 5.74) is 0. The normalized spacial score (nSPS) is 22.2. The molecule has 108 valence electrons. The minimum atomic E-state index is -2.28. The van der Waals surface area contributed by atoms with Crippen LogP contribution in [0.2, 0.25) is 0 Å². The molecule has 2 aliphatic rings. The van der Waals surface area contributed by atoms with Crippen LogP contribution in [-0.4, -0.2) is 22.8 Å². The molecule has 2 rings (SSSR count). The summed E-state index contributed by atoms with van der Waals surface area (Å²) in [4.78, 5) is 0. The van der Waals surface area contributed by atoms with E-state index in [2.05, 4.69) is 12.2 Å². The molecule has 0 aromatic heterocycles. The van der Waals surface area contributed by atoms with Gasteiger partial charge in [0.25, 0.3) is 0 Å². The summed E-state index contributed by atoms with van der Waals surface area (Å²) in [5.74, 6) is 0. The van der Waals surface area contributed by atoms with Crippen LogP contribution in [0.3, 0.4) is 0 Å². The molecule has 19 heavy (non-hydrogen) atoms. The van der Waals surface area contributed by atoms with Crippen molar-refractivity contribution in [2.75, 3.05) is 14.2 Å². The first kappa shape index (κ1) is 15.0. The Morgan fingerprint density at radius 2 is 1.21 bits per heavy atom. The monoisotopic (exact) mass is 280 g/mol. The van der Waals surface area contributed by atoms with Crippen LogP contribution in [0.5, 0.6) is 0 Å². The van der Waals surface area contributed by atoms with Gasteiger partial charge in [-0.1, -0.05) is 25.0 Å². The Morgan fingerprint density at radius 3 is 1.63 bits per heavy atom. The topological polar surface area (TPSA) is 18.5 Å². The lowest BCUT2D eigenvalue weighted by atomic mass is 10.2. The first-order chi connectivity index (χ1) is 9.33. The Bertz CT molecular complexity index is 313. The summed E-state index contributed by atoms with van der Waals surface area (Å²) in [7, 11) is 1.42. The molecule has 0 aromatic rings. The van der Waals surface area contributed by atoms with Crippen molar-refractivity contribution in [3.63, 3.8) is 0 Å². The second-order valence-corrected chi connectivity index (χ2v) is 9.02. The van der Waals surface area contributed by atoms with E-state index in [-0.39, 0.29) is 0 Å². The second-order valence-electron chi connectivity index (χ2n) is 5.68. The van der Waals surface area contributed by atoms with E-state index in [0.717, 1.165) is 0 Å². The zero-order chi connectivity index (χ0) is 13.6. The van der Waals surface area contributed by atoms with Gasteiger partial charge in [0.05, 0.1) is 0 Å². The smallest absolute Gasteiger partial charge is 0.391 e. The van der Waals surface area contributed by atoms with Crippen molar-refractivity contribution in [2.24, 2.45) is 0 Å². The van der Waals surface area contributed by atoms with Crippen LogP contribution in [0, 0.1) is 0 Å². The van der Waals surface area contributed by atoms with Crippen LogP contribution >= 0.6 is 0 Å². The molecule has 0 radical (unpaired) electrons. The van der Waals surface area contributed by atoms with E-state index in [9.17, 15) is 0 Å². The molecular weight excluding hydrogens is 252 g/mol. The van der Waals surface area contributed by atoms with Crippen molar-refractivity contribution in [2.45, 2.75) is 64.2 Å². The van der Waals surface area contributed by atoms with E-state index in [1.54, 1.807) is 0 Å². The van der Waals surface area contributed by atoms with Gasteiger partial charge in [-0.2, -0.15) is 0 Å². The van der Waals surface area contributed by atoms with E-state index < -0.39 is 8.56 Å². The minimum absolute atomic E-state index is 1.17. The lowest BCUT2D eigenvalue weighted by molar-refractivity contribution is 0.259. The molecule has 3 heteroatoms. The number of hydrogen-bond donors (Lipinski definition) is 0. The molecule has 0 amide bonds. The van der Waals surface area contributed by atoms with Crippen LogP contribution in [0.25, 0.3) is 0 Å². The summed E-state index contributed by atoms with van der Waals surface area (Å²) < 4.78 is 12.1. The van der Waals surface area contributed by atoms with Crippen molar-refractivity contribution in [3.8, 4) is 0 Å². The number of rotatable bonds is 4. The Labute approximate surface area is 119 Å². The van der Waals surface area contributed by atoms with Gasteiger partial charge in [-0.15, -0.1) is 0 Å². The van der Waals surface area contributed by atoms with Gasteiger partial charge in [-0.25, -0.2) is 0 Å². The molecule has 0 atom stereocenters. The lowest BCUT2D eigenvalue weighted by Gasteiger charge is -2.32. The van der Waals surface area contributed by atoms with Crippen LogP contribution in [0.15, 0.2) is 22.5 Å². The molecule has 0 bridgehead atoms. The van der Waals surface area contributed by atoms with Gasteiger partial charge in [0.1, 0.15) is 0 Å². The predicted octanol–water partition coefficient (Wildman–Crippen LogP) is 4.58. The highest BCUT2D eigenvalue weighted by molar-refractivity contribution is 6.81. The molecule has 0 aliphatic heterocycles. The Kier molecular flexibility index (Phi) is 5.86. The molecular formula is C16H28O2Si. The van der Waals surface area contributed by atoms with E-state index in [4.69, 9.17) is 8.85 Å². The maximum Gasteiger partial charge on any atom is 0.397 e. The fourth-order valence-electron chi connectivity index (χ4n) is 3.44. The van der Waals surface area contributed by atoms with Crippen LogP contribution in [0.1, 0.15) is 64.2 Å². The van der Waals surface area contributed by atoms with Crippen LogP contribution < -0.4 is 0 Å². The first-order valence-electron chi connectivity index (χ1n) is 7.83. The molecule has 0 fully saturated rings. The van der Waals surface area contributed by atoms with Gasteiger partial charge < -0.3 is 8.85 Å². The van der Waals surface area contributed by atoms with E-state index >= 15 is 0 Å². The first-order valence-corrected chi connectivity index (χ1v) is 9.64. The Hall–Kier alpha value is -0.383. The van der Waals surface area contributed by atoms with Gasteiger partial charge in [-0.3, -0.25) is 0 Å². The largest absolute Gasteiger partial charge is 0.397 e. The van der Waals surface area contributed by atoms with Crippen LogP contribution in [0.4, 0.5) is 0 Å². The van der Waals surface area contributed by atoms with Crippen LogP contribution in [-0.2, 0) is 8.85 Å². The highest BCUT2D eigenvalue weighted by atomic mass is 28.4. The SMILES string of the molecule is CO[Si](OC)(C1=CCCCCC1)C1=CCCCCC1. The maximum absolute atomic E-state index is 6.06. The zero-order valence-corrected chi connectivity index (χ0v) is 13.5. The molecule has 0 saturated heterocycles. The Balaban J connectivity index is 2.29. The maximum atomic E-state index is 6.06. The summed E-state index contributed by atoms with van der Waals surface area (Å²) in [6.45, 7) is 0. The van der Waals surface area contributed by atoms with E-state index in [1.165, 1.54) is 74.6 Å². The average Bonchev–Trinajstić information content (AvgIpc) is 2.86. The van der Waals surface area contributed by atoms with Gasteiger partial charge in [0.15, 0.2) is 0 Å². The zero-order valence-electron chi connectivity index (χ0n) is 12.5. The highest BCUT2D eigenvalue weighted by Gasteiger charge is 2.43. The lowest BCUT2D eigenvalue weighted by Crippen LogP contribution is -2.45. The summed E-state index contributed by atoms with van der Waals surface area (Å²) in [6, 6.07) is 0. The molecule has 0 saturated carbocycles. The highest BCUT2D eigenvalue weighted by Crippen LogP contribution is 2.35. The van der Waals surface area contributed by atoms with Gasteiger partial charge >= 0.3 is 8.56 Å². The summed E-state index contributed by atoms with van der Waals surface area (Å²) in [6.07, 6.45) is 17.5. The van der Waals surface area contributed by atoms with Crippen molar-refractivity contribution >= 4 is 8.56 Å². The molecule has 0 heterocycles. The molecule has 2 aliphatic carbocycles. The third-order valence-electron chi connectivity index (χ3n) is 4.50. The van der Waals surface area contributed by atoms with Gasteiger partial charge in [0.2, 0.25) is 0 Å². The fraction of sp³-hybridized carbons (Fsp3) is 0.750. The number of hydrogen-bond acceptors (Lipinski definition) is 2. The van der Waals surface area contributed by atoms with Gasteiger partial charge in [-0.05, 0) is 61.8 Å². The summed E-state index contributed by atoms with van der Waals surface area (Å²) >= 11 is 0. The quantitative estimate of drug-likeness (QED) is 0.702. The van der Waals surface area contributed by atoms with Gasteiger partial charge in [0, 0.05) is 14.2 Å². The van der Waals surface area contributed by atoms with E-state index in [0.29, 0.717) is 0 Å². The molecule has 0 unspecified atom stereocenters. The van der Waals surface area contributed by atoms with Crippen molar-refractivity contribution < 1.29 is 8.85 Å². The van der Waals surface area contributed by atoms with Crippen molar-refractivity contribution in [1.82, 2.24) is 0 Å². The third kappa shape index (κ3) is 3.39. The number of allylic oxidation sites excluding steroid dienone is 4. The standard InChI is InChI=1S/C16H28O2Si/c1-17-19(18-2,15-11-7-3-4-8-12-15)16-13-9-5-6-10-14-16/h11,13H,3-10,12,14H2,1-2H3. The summed E-state index contributed by atoms with van der Waals surface area (Å²) in [5, 5.41) is 2.98. The predicted molar refractivity (Wildman–Crippen MR) is 82.1 cm³/mol. The molecule has 0 spiro atoms.